The fourth-order valence-corrected chi connectivity index (χ4v) is 2.81. The van der Waals surface area contributed by atoms with Gasteiger partial charge in [0.1, 0.15) is 5.54 Å². The fourth-order valence-electron chi connectivity index (χ4n) is 2.81. The van der Waals surface area contributed by atoms with Crippen LogP contribution in [-0.2, 0) is 4.79 Å². The second-order valence-electron chi connectivity index (χ2n) is 6.09. The van der Waals surface area contributed by atoms with Crippen molar-refractivity contribution >= 4 is 5.91 Å². The number of amides is 1. The lowest BCUT2D eigenvalue weighted by atomic mass is 9.90. The molecule has 1 aliphatic rings. The van der Waals surface area contributed by atoms with E-state index < -0.39 is 5.54 Å². The topological polar surface area (TPSA) is 58.4 Å². The molecule has 3 N–H and O–H groups in total. The summed E-state index contributed by atoms with van der Waals surface area (Å²) in [5, 5.41) is 3.46. The molecule has 0 radical (unpaired) electrons. The molecule has 0 aromatic rings. The minimum atomic E-state index is -0.521. The third kappa shape index (κ3) is 4.18. The first-order chi connectivity index (χ1) is 8.97. The van der Waals surface area contributed by atoms with Crippen molar-refractivity contribution in [3.8, 4) is 0 Å². The van der Waals surface area contributed by atoms with Gasteiger partial charge in [0.25, 0.3) is 0 Å². The Hall–Kier alpha value is -0.610. The molecule has 0 aromatic heterocycles. The summed E-state index contributed by atoms with van der Waals surface area (Å²) in [4.78, 5) is 14.3. The number of hydrogen-bond donors (Lipinski definition) is 2. The highest BCUT2D eigenvalue weighted by atomic mass is 16.1. The molecular weight excluding hydrogens is 238 g/mol. The maximum absolute atomic E-state index is 12.1. The van der Waals surface area contributed by atoms with E-state index in [2.05, 4.69) is 38.0 Å². The molecule has 2 unspecified atom stereocenters. The van der Waals surface area contributed by atoms with Gasteiger partial charge in [-0.15, -0.1) is 0 Å². The second kappa shape index (κ2) is 7.25. The van der Waals surface area contributed by atoms with E-state index in [1.54, 1.807) is 0 Å². The Morgan fingerprint density at radius 2 is 2.05 bits per heavy atom. The van der Waals surface area contributed by atoms with E-state index in [-0.39, 0.29) is 5.91 Å². The lowest BCUT2D eigenvalue weighted by Gasteiger charge is -2.38. The van der Waals surface area contributed by atoms with Crippen LogP contribution in [0.3, 0.4) is 0 Å². The summed E-state index contributed by atoms with van der Waals surface area (Å²) in [6.45, 7) is 8.13. The molecule has 1 fully saturated rings. The zero-order chi connectivity index (χ0) is 14.5. The Labute approximate surface area is 118 Å². The highest BCUT2D eigenvalue weighted by molar-refractivity contribution is 5.86. The molecule has 2 atom stereocenters. The van der Waals surface area contributed by atoms with Gasteiger partial charge in [0.2, 0.25) is 5.91 Å². The van der Waals surface area contributed by atoms with Crippen molar-refractivity contribution in [1.82, 2.24) is 10.2 Å². The number of likely N-dealkylation sites (N-methyl/N-ethyl adjacent to an activating group) is 1. The minimum Gasteiger partial charge on any atom is -0.368 e. The van der Waals surface area contributed by atoms with Gasteiger partial charge >= 0.3 is 0 Å². The van der Waals surface area contributed by atoms with Gasteiger partial charge in [0.15, 0.2) is 0 Å². The summed E-state index contributed by atoms with van der Waals surface area (Å²) >= 11 is 0. The second-order valence-corrected chi connectivity index (χ2v) is 6.09. The van der Waals surface area contributed by atoms with E-state index in [0.717, 1.165) is 38.8 Å². The first-order valence-electron chi connectivity index (χ1n) is 7.73. The van der Waals surface area contributed by atoms with Crippen molar-refractivity contribution in [2.75, 3.05) is 20.1 Å². The number of primary amides is 1. The molecular formula is C15H31N3O. The first-order valence-corrected chi connectivity index (χ1v) is 7.73. The number of nitrogens with two attached hydrogens (primary N) is 1. The number of nitrogens with one attached hydrogen (secondary N) is 1. The quantitative estimate of drug-likeness (QED) is 0.635. The number of nitrogens with zero attached hydrogens (tertiary/aromatic N) is 1. The van der Waals surface area contributed by atoms with Gasteiger partial charge in [-0.2, -0.15) is 0 Å². The normalized spacial score (nSPS) is 20.3. The summed E-state index contributed by atoms with van der Waals surface area (Å²) in [7, 11) is 2.11. The molecule has 0 heterocycles. The van der Waals surface area contributed by atoms with Crippen LogP contribution in [0.1, 0.15) is 52.9 Å². The average Bonchev–Trinajstić information content (AvgIpc) is 3.18. The largest absolute Gasteiger partial charge is 0.368 e. The average molecular weight is 269 g/mol. The lowest BCUT2D eigenvalue weighted by molar-refractivity contribution is -0.126. The summed E-state index contributed by atoms with van der Waals surface area (Å²) in [6, 6.07) is 0.492. The van der Waals surface area contributed by atoms with Gasteiger partial charge in [-0.05, 0) is 52.1 Å². The van der Waals surface area contributed by atoms with Gasteiger partial charge in [0.05, 0.1) is 0 Å². The SMILES string of the molecule is CCCNC(CN(C)C(C)CCC)(C(N)=O)C1CC1. The highest BCUT2D eigenvalue weighted by Crippen LogP contribution is 2.40. The first kappa shape index (κ1) is 16.4. The maximum Gasteiger partial charge on any atom is 0.239 e. The molecule has 0 saturated heterocycles. The Balaban J connectivity index is 2.75. The summed E-state index contributed by atoms with van der Waals surface area (Å²) in [6.07, 6.45) is 5.59. The fraction of sp³-hybridized carbons (Fsp3) is 0.933. The van der Waals surface area contributed by atoms with Crippen LogP contribution in [0.4, 0.5) is 0 Å². The molecule has 1 aliphatic carbocycles. The molecule has 0 aliphatic heterocycles. The minimum absolute atomic E-state index is 0.181. The van der Waals surface area contributed by atoms with Crippen LogP contribution in [0.25, 0.3) is 0 Å². The Morgan fingerprint density at radius 1 is 1.42 bits per heavy atom. The third-order valence-electron chi connectivity index (χ3n) is 4.36. The summed E-state index contributed by atoms with van der Waals surface area (Å²) in [5.41, 5.74) is 5.23. The number of hydrogen-bond acceptors (Lipinski definition) is 3. The third-order valence-corrected chi connectivity index (χ3v) is 4.36. The molecule has 19 heavy (non-hydrogen) atoms. The van der Waals surface area contributed by atoms with E-state index >= 15 is 0 Å². The number of carbonyl (C=O) groups is 1. The van der Waals surface area contributed by atoms with Crippen molar-refractivity contribution in [1.29, 1.82) is 0 Å². The van der Waals surface area contributed by atoms with Gasteiger partial charge < -0.3 is 16.0 Å². The van der Waals surface area contributed by atoms with Crippen LogP contribution in [0, 0.1) is 5.92 Å². The monoisotopic (exact) mass is 269 g/mol. The number of carbonyl (C=O) groups excluding carboxylic acids is 1. The van der Waals surface area contributed by atoms with Crippen molar-refractivity contribution in [3.63, 3.8) is 0 Å². The van der Waals surface area contributed by atoms with Crippen LogP contribution in [-0.4, -0.2) is 42.5 Å². The summed E-state index contributed by atoms with van der Waals surface area (Å²) in [5.74, 6) is 0.242. The summed E-state index contributed by atoms with van der Waals surface area (Å²) < 4.78 is 0. The molecule has 1 amide bonds. The van der Waals surface area contributed by atoms with Gasteiger partial charge in [-0.1, -0.05) is 20.3 Å². The molecule has 112 valence electrons. The predicted molar refractivity (Wildman–Crippen MR) is 79.9 cm³/mol. The van der Waals surface area contributed by atoms with E-state index in [0.29, 0.717) is 12.0 Å². The van der Waals surface area contributed by atoms with Crippen molar-refractivity contribution in [2.45, 2.75) is 64.5 Å². The van der Waals surface area contributed by atoms with Crippen LogP contribution in [0.15, 0.2) is 0 Å². The van der Waals surface area contributed by atoms with Crippen LogP contribution >= 0.6 is 0 Å². The molecule has 1 rings (SSSR count). The molecule has 1 saturated carbocycles. The molecule has 0 aromatic carbocycles. The van der Waals surface area contributed by atoms with E-state index in [1.807, 2.05) is 0 Å². The Bertz CT molecular complexity index is 291. The van der Waals surface area contributed by atoms with E-state index in [1.165, 1.54) is 6.42 Å². The standard InChI is InChI=1S/C15H31N3O/c1-5-7-12(3)18(4)11-15(14(16)19,13-8-9-13)17-10-6-2/h12-13,17H,5-11H2,1-4H3,(H2,16,19). The van der Waals surface area contributed by atoms with Crippen LogP contribution < -0.4 is 11.1 Å². The zero-order valence-electron chi connectivity index (χ0n) is 13.0. The highest BCUT2D eigenvalue weighted by Gasteiger charge is 2.50. The Morgan fingerprint density at radius 3 is 2.47 bits per heavy atom. The van der Waals surface area contributed by atoms with E-state index in [9.17, 15) is 4.79 Å². The van der Waals surface area contributed by atoms with Crippen LogP contribution in [0.5, 0.6) is 0 Å². The Kier molecular flexibility index (Phi) is 6.27. The number of rotatable bonds is 10. The van der Waals surface area contributed by atoms with E-state index in [4.69, 9.17) is 5.73 Å². The van der Waals surface area contributed by atoms with Gasteiger partial charge in [-0.3, -0.25) is 4.79 Å². The van der Waals surface area contributed by atoms with Crippen molar-refractivity contribution in [3.05, 3.63) is 0 Å². The van der Waals surface area contributed by atoms with Crippen LogP contribution in [0.2, 0.25) is 0 Å². The lowest BCUT2D eigenvalue weighted by Crippen LogP contribution is -2.63. The van der Waals surface area contributed by atoms with Gasteiger partial charge in [0, 0.05) is 12.6 Å². The predicted octanol–water partition coefficient (Wildman–Crippen LogP) is 1.74. The molecule has 0 spiro atoms. The molecule has 0 bridgehead atoms. The smallest absolute Gasteiger partial charge is 0.239 e. The van der Waals surface area contributed by atoms with Crippen molar-refractivity contribution in [2.24, 2.45) is 11.7 Å². The molecule has 4 heteroatoms. The van der Waals surface area contributed by atoms with Gasteiger partial charge in [-0.25, -0.2) is 0 Å². The van der Waals surface area contributed by atoms with Crippen molar-refractivity contribution < 1.29 is 4.79 Å². The zero-order valence-corrected chi connectivity index (χ0v) is 13.0. The molecule has 4 nitrogen and oxygen atoms in total. The maximum atomic E-state index is 12.1.